The van der Waals surface area contributed by atoms with Gasteiger partial charge < -0.3 is 4.74 Å². The van der Waals surface area contributed by atoms with Gasteiger partial charge in [0.2, 0.25) is 0 Å². The van der Waals surface area contributed by atoms with E-state index in [1.165, 1.54) is 75.3 Å². The molecule has 7 heteroatoms. The summed E-state index contributed by atoms with van der Waals surface area (Å²) >= 11 is 0. The summed E-state index contributed by atoms with van der Waals surface area (Å²) in [6.07, 6.45) is 15.1. The Hall–Kier alpha value is -0.990. The smallest absolute Gasteiger partial charge is 0.381 e. The zero-order valence-electron chi connectivity index (χ0n) is 22.1. The molecule has 0 aromatic heterocycles. The van der Waals surface area contributed by atoms with Crippen LogP contribution in [0.15, 0.2) is 24.3 Å². The predicted octanol–water partition coefficient (Wildman–Crippen LogP) is 6.59. The summed E-state index contributed by atoms with van der Waals surface area (Å²) in [6.45, 7) is 7.79. The Morgan fingerprint density at radius 1 is 0.857 bits per heavy atom. The van der Waals surface area contributed by atoms with Crippen molar-refractivity contribution in [2.24, 2.45) is 5.92 Å². The van der Waals surface area contributed by atoms with Crippen LogP contribution in [0.1, 0.15) is 102 Å². The van der Waals surface area contributed by atoms with Crippen LogP contribution in [0.2, 0.25) is 0 Å². The molecule has 0 bridgehead atoms. The molecule has 0 saturated heterocycles. The van der Waals surface area contributed by atoms with Crippen molar-refractivity contribution in [3.63, 3.8) is 0 Å². The molecular weight excluding hydrogens is 462 g/mol. The third-order valence-corrected chi connectivity index (χ3v) is 7.35. The van der Waals surface area contributed by atoms with Gasteiger partial charge in [0.1, 0.15) is 0 Å². The first-order valence-corrected chi connectivity index (χ1v) is 15.2. The number of rotatable bonds is 20. The summed E-state index contributed by atoms with van der Waals surface area (Å²) in [7, 11) is -4.49. The molecule has 1 heterocycles. The standard InChI is InChI=1S/C28H49NO5S/c1-25(2)15-11-9-7-5-3-4-6-8-10-14-21-33-22-19-28(34-35(30,31)32)24-29-20-18-26-16-12-13-17-27(26)23-29/h12-13,16-17,25,28H,3-11,14-15,18-24H2,1-2H3,(H,30,31,32). The van der Waals surface area contributed by atoms with Crippen LogP contribution < -0.4 is 0 Å². The SMILES string of the molecule is CC(C)CCCCCCCCCCCCOCCC(CN1CCc2ccccc2C1)OS(=O)(=O)O. The van der Waals surface area contributed by atoms with E-state index in [4.69, 9.17) is 8.92 Å². The van der Waals surface area contributed by atoms with Crippen LogP contribution in [-0.2, 0) is 32.3 Å². The van der Waals surface area contributed by atoms with Gasteiger partial charge in [-0.05, 0) is 36.3 Å². The predicted molar refractivity (Wildman–Crippen MR) is 143 cm³/mol. The van der Waals surface area contributed by atoms with Crippen molar-refractivity contribution >= 4 is 10.4 Å². The van der Waals surface area contributed by atoms with Gasteiger partial charge in [-0.2, -0.15) is 8.42 Å². The molecule has 1 aliphatic rings. The van der Waals surface area contributed by atoms with E-state index in [0.29, 0.717) is 26.2 Å². The largest absolute Gasteiger partial charge is 0.397 e. The highest BCUT2D eigenvalue weighted by Gasteiger charge is 2.23. The monoisotopic (exact) mass is 511 g/mol. The van der Waals surface area contributed by atoms with Crippen molar-refractivity contribution in [2.45, 2.75) is 110 Å². The molecule has 0 radical (unpaired) electrons. The van der Waals surface area contributed by atoms with Gasteiger partial charge in [-0.25, -0.2) is 4.18 Å². The first-order chi connectivity index (χ1) is 16.8. The highest BCUT2D eigenvalue weighted by Crippen LogP contribution is 2.20. The lowest BCUT2D eigenvalue weighted by Gasteiger charge is -2.31. The fourth-order valence-electron chi connectivity index (χ4n) is 4.83. The minimum absolute atomic E-state index is 0.432. The van der Waals surface area contributed by atoms with Gasteiger partial charge in [-0.1, -0.05) is 102 Å². The van der Waals surface area contributed by atoms with Gasteiger partial charge in [0.25, 0.3) is 0 Å². The quantitative estimate of drug-likeness (QED) is 0.157. The van der Waals surface area contributed by atoms with Crippen molar-refractivity contribution in [1.82, 2.24) is 4.90 Å². The first-order valence-electron chi connectivity index (χ1n) is 13.9. The average molecular weight is 512 g/mol. The Morgan fingerprint density at radius 3 is 2.09 bits per heavy atom. The number of fused-ring (bicyclic) bond motifs is 1. The summed E-state index contributed by atoms with van der Waals surface area (Å²) in [5.74, 6) is 0.837. The maximum absolute atomic E-state index is 11.3. The molecule has 6 nitrogen and oxygen atoms in total. The Balaban J connectivity index is 1.50. The molecule has 1 unspecified atom stereocenters. The molecule has 35 heavy (non-hydrogen) atoms. The molecular formula is C28H49NO5S. The third kappa shape index (κ3) is 15.0. The van der Waals surface area contributed by atoms with Crippen LogP contribution in [0.3, 0.4) is 0 Å². The van der Waals surface area contributed by atoms with Gasteiger partial charge in [0, 0.05) is 32.8 Å². The number of unbranched alkanes of at least 4 members (excludes halogenated alkanes) is 9. The first kappa shape index (κ1) is 30.2. The molecule has 0 spiro atoms. The van der Waals surface area contributed by atoms with Gasteiger partial charge in [0.05, 0.1) is 6.10 Å². The van der Waals surface area contributed by atoms with Crippen molar-refractivity contribution in [3.05, 3.63) is 35.4 Å². The van der Waals surface area contributed by atoms with Crippen molar-refractivity contribution in [2.75, 3.05) is 26.3 Å². The van der Waals surface area contributed by atoms with E-state index in [1.54, 1.807) is 0 Å². The lowest BCUT2D eigenvalue weighted by atomic mass is 9.99. The summed E-state index contributed by atoms with van der Waals surface area (Å²) < 4.78 is 42.6. The maximum atomic E-state index is 11.3. The molecule has 1 aliphatic heterocycles. The lowest BCUT2D eigenvalue weighted by Crippen LogP contribution is -2.39. The van der Waals surface area contributed by atoms with Crippen molar-refractivity contribution in [3.8, 4) is 0 Å². The van der Waals surface area contributed by atoms with E-state index in [2.05, 4.69) is 30.9 Å². The Kier molecular flexibility index (Phi) is 15.1. The zero-order valence-corrected chi connectivity index (χ0v) is 22.9. The van der Waals surface area contributed by atoms with Crippen LogP contribution in [0, 0.1) is 5.92 Å². The van der Waals surface area contributed by atoms with E-state index in [-0.39, 0.29) is 0 Å². The second-order valence-electron chi connectivity index (χ2n) is 10.5. The van der Waals surface area contributed by atoms with Gasteiger partial charge >= 0.3 is 10.4 Å². The van der Waals surface area contributed by atoms with Crippen LogP contribution in [-0.4, -0.2) is 50.3 Å². The van der Waals surface area contributed by atoms with Crippen LogP contribution in [0.5, 0.6) is 0 Å². The molecule has 0 aliphatic carbocycles. The molecule has 1 aromatic rings. The summed E-state index contributed by atoms with van der Waals surface area (Å²) in [5, 5.41) is 0. The number of ether oxygens (including phenoxy) is 1. The Labute approximate surface area is 214 Å². The number of benzene rings is 1. The number of hydrogen-bond donors (Lipinski definition) is 1. The molecule has 0 amide bonds. The van der Waals surface area contributed by atoms with E-state index in [9.17, 15) is 13.0 Å². The third-order valence-electron chi connectivity index (χ3n) is 6.83. The van der Waals surface area contributed by atoms with E-state index >= 15 is 0 Å². The summed E-state index contributed by atoms with van der Waals surface area (Å²) in [4.78, 5) is 2.18. The maximum Gasteiger partial charge on any atom is 0.397 e. The van der Waals surface area contributed by atoms with Crippen LogP contribution >= 0.6 is 0 Å². The Morgan fingerprint density at radius 2 is 1.46 bits per heavy atom. The summed E-state index contributed by atoms with van der Waals surface area (Å²) in [6, 6.07) is 8.33. The second-order valence-corrected chi connectivity index (χ2v) is 11.6. The van der Waals surface area contributed by atoms with Crippen molar-refractivity contribution in [1.29, 1.82) is 0 Å². The molecule has 202 valence electrons. The van der Waals surface area contributed by atoms with Crippen LogP contribution in [0.25, 0.3) is 0 Å². The van der Waals surface area contributed by atoms with E-state index in [1.807, 2.05) is 12.1 Å². The summed E-state index contributed by atoms with van der Waals surface area (Å²) in [5.41, 5.74) is 2.61. The zero-order chi connectivity index (χ0) is 25.4. The average Bonchev–Trinajstić information content (AvgIpc) is 2.80. The lowest BCUT2D eigenvalue weighted by molar-refractivity contribution is 0.0647. The van der Waals surface area contributed by atoms with E-state index in [0.717, 1.165) is 31.8 Å². The molecule has 1 N–H and O–H groups in total. The van der Waals surface area contributed by atoms with Crippen molar-refractivity contribution < 1.29 is 21.9 Å². The van der Waals surface area contributed by atoms with E-state index < -0.39 is 16.5 Å². The molecule has 0 saturated carbocycles. The highest BCUT2D eigenvalue weighted by molar-refractivity contribution is 7.80. The number of hydrogen-bond acceptors (Lipinski definition) is 5. The fraction of sp³-hybridized carbons (Fsp3) is 0.786. The minimum Gasteiger partial charge on any atom is -0.381 e. The number of nitrogens with zero attached hydrogens (tertiary/aromatic N) is 1. The Bertz CT molecular complexity index is 783. The molecule has 2 rings (SSSR count). The fourth-order valence-corrected chi connectivity index (χ4v) is 5.33. The minimum atomic E-state index is -4.49. The van der Waals surface area contributed by atoms with Gasteiger partial charge in [0.15, 0.2) is 0 Å². The van der Waals surface area contributed by atoms with Gasteiger partial charge in [-0.15, -0.1) is 0 Å². The topological polar surface area (TPSA) is 76.1 Å². The second kappa shape index (κ2) is 17.5. The van der Waals surface area contributed by atoms with Crippen LogP contribution in [0.4, 0.5) is 0 Å². The molecule has 0 fully saturated rings. The van der Waals surface area contributed by atoms with Gasteiger partial charge in [-0.3, -0.25) is 9.45 Å². The molecule has 1 atom stereocenters. The highest BCUT2D eigenvalue weighted by atomic mass is 32.3. The normalized spacial score (nSPS) is 15.4. The molecule has 1 aromatic carbocycles.